The van der Waals surface area contributed by atoms with Crippen LogP contribution in [0.25, 0.3) is 21.8 Å². The number of halogens is 3. The Hall–Kier alpha value is -1.67. The van der Waals surface area contributed by atoms with E-state index in [0.717, 1.165) is 0 Å². The summed E-state index contributed by atoms with van der Waals surface area (Å²) in [6.07, 6.45) is 0. The van der Waals surface area contributed by atoms with Gasteiger partial charge in [0.25, 0.3) is 0 Å². The molecule has 3 rings (SSSR count). The highest BCUT2D eigenvalue weighted by Crippen LogP contribution is 2.42. The Bertz CT molecular complexity index is 889. The van der Waals surface area contributed by atoms with E-state index in [1.807, 2.05) is 0 Å². The van der Waals surface area contributed by atoms with Crippen LogP contribution < -0.4 is 5.32 Å². The molecule has 1 amide bonds. The summed E-state index contributed by atoms with van der Waals surface area (Å²) in [4.78, 5) is 11.4. The Kier molecular flexibility index (Phi) is 5.05. The van der Waals surface area contributed by atoms with E-state index >= 15 is 0 Å². The van der Waals surface area contributed by atoms with Crippen molar-refractivity contribution in [2.45, 2.75) is 6.92 Å². The molecule has 0 unspecified atom stereocenters. The fourth-order valence-corrected chi connectivity index (χ4v) is 3.54. The number of nitrogens with zero attached hydrogens (tertiary/aromatic N) is 3. The minimum Gasteiger partial charge on any atom is -0.360 e. The molecule has 0 atom stereocenters. The van der Waals surface area contributed by atoms with Crippen LogP contribution in [0.2, 0.25) is 10.0 Å². The zero-order valence-corrected chi connectivity index (χ0v) is 15.2. The summed E-state index contributed by atoms with van der Waals surface area (Å²) in [6.45, 7) is 1.75. The van der Waals surface area contributed by atoms with Gasteiger partial charge in [-0.3, -0.25) is 10.1 Å². The van der Waals surface area contributed by atoms with Crippen LogP contribution in [0.5, 0.6) is 0 Å². The van der Waals surface area contributed by atoms with Crippen molar-refractivity contribution < 1.29 is 9.32 Å². The van der Waals surface area contributed by atoms with Crippen molar-refractivity contribution in [3.63, 3.8) is 0 Å². The molecule has 10 heteroatoms. The number of carbonyl (C=O) groups is 1. The molecule has 0 saturated heterocycles. The summed E-state index contributed by atoms with van der Waals surface area (Å²) >= 11 is 19.1. The van der Waals surface area contributed by atoms with E-state index in [4.69, 9.17) is 39.3 Å². The first-order valence-electron chi connectivity index (χ1n) is 6.61. The number of carbonyl (C=O) groups excluding carboxylic acids is 1. The van der Waals surface area contributed by atoms with E-state index in [-0.39, 0.29) is 11.8 Å². The van der Waals surface area contributed by atoms with E-state index in [1.165, 1.54) is 11.3 Å². The predicted molar refractivity (Wildman–Crippen MR) is 94.9 cm³/mol. The molecule has 0 aliphatic carbocycles. The van der Waals surface area contributed by atoms with Gasteiger partial charge in [-0.05, 0) is 19.1 Å². The number of nitrogens with one attached hydrogen (secondary N) is 1. The highest BCUT2D eigenvalue weighted by atomic mass is 35.5. The quantitative estimate of drug-likeness (QED) is 0.641. The molecule has 0 bridgehead atoms. The van der Waals surface area contributed by atoms with E-state index in [9.17, 15) is 4.79 Å². The molecule has 0 aliphatic heterocycles. The molecular weight excluding hydrogens is 395 g/mol. The number of aryl methyl sites for hydroxylation is 1. The lowest BCUT2D eigenvalue weighted by Crippen LogP contribution is -2.12. The molecule has 0 aliphatic rings. The van der Waals surface area contributed by atoms with Gasteiger partial charge in [-0.2, -0.15) is 0 Å². The number of aromatic nitrogens is 3. The van der Waals surface area contributed by atoms with Gasteiger partial charge in [0.1, 0.15) is 17.3 Å². The molecule has 0 spiro atoms. The zero-order valence-electron chi connectivity index (χ0n) is 12.1. The monoisotopic (exact) mass is 402 g/mol. The summed E-state index contributed by atoms with van der Waals surface area (Å²) < 4.78 is 5.29. The summed E-state index contributed by atoms with van der Waals surface area (Å²) in [5.74, 6) is 0.00458. The van der Waals surface area contributed by atoms with Gasteiger partial charge < -0.3 is 4.52 Å². The SMILES string of the molecule is Cc1onc(-c2c(Cl)cccc2Cl)c1-c1nnc(NC(=O)CCl)s1. The maximum absolute atomic E-state index is 11.4. The Labute approximate surface area is 155 Å². The average molecular weight is 404 g/mol. The highest BCUT2D eigenvalue weighted by Gasteiger charge is 2.24. The first kappa shape index (κ1) is 17.2. The number of alkyl halides is 1. The van der Waals surface area contributed by atoms with Crippen LogP contribution in [0.1, 0.15) is 5.76 Å². The summed E-state index contributed by atoms with van der Waals surface area (Å²) in [6, 6.07) is 5.16. The molecule has 24 heavy (non-hydrogen) atoms. The molecule has 124 valence electrons. The van der Waals surface area contributed by atoms with Crippen LogP contribution in [0.15, 0.2) is 22.7 Å². The summed E-state index contributed by atoms with van der Waals surface area (Å²) in [7, 11) is 0. The van der Waals surface area contributed by atoms with Crippen LogP contribution in [-0.4, -0.2) is 27.1 Å². The van der Waals surface area contributed by atoms with E-state index in [0.29, 0.717) is 42.8 Å². The largest absolute Gasteiger partial charge is 0.360 e. The lowest BCUT2D eigenvalue weighted by atomic mass is 10.1. The Morgan fingerprint density at radius 2 is 1.96 bits per heavy atom. The molecule has 0 fully saturated rings. The second kappa shape index (κ2) is 7.06. The molecule has 1 aromatic carbocycles. The van der Waals surface area contributed by atoms with Crippen LogP contribution in [0.3, 0.4) is 0 Å². The van der Waals surface area contributed by atoms with Crippen LogP contribution in [0, 0.1) is 6.92 Å². The number of amides is 1. The summed E-state index contributed by atoms with van der Waals surface area (Å²) in [5.41, 5.74) is 1.64. The van der Waals surface area contributed by atoms with Crippen molar-refractivity contribution in [3.05, 3.63) is 34.0 Å². The maximum atomic E-state index is 11.4. The smallest absolute Gasteiger partial charge is 0.241 e. The number of rotatable bonds is 4. The van der Waals surface area contributed by atoms with Gasteiger partial charge in [0.2, 0.25) is 11.0 Å². The standard InChI is InChI=1S/C14H9Cl3N4O2S/c1-6-10(13-19-20-14(24-13)18-9(22)5-15)12(21-23-6)11-7(16)3-2-4-8(11)17/h2-4H,5H2,1H3,(H,18,20,22). The molecule has 1 N–H and O–H groups in total. The van der Waals surface area contributed by atoms with Crippen LogP contribution in [-0.2, 0) is 4.79 Å². The third-order valence-electron chi connectivity index (χ3n) is 3.07. The van der Waals surface area contributed by atoms with Crippen molar-refractivity contribution in [1.29, 1.82) is 0 Å². The van der Waals surface area contributed by atoms with Gasteiger partial charge in [0.05, 0.1) is 15.6 Å². The average Bonchev–Trinajstić information content (AvgIpc) is 3.14. The number of hydrogen-bond donors (Lipinski definition) is 1. The minimum absolute atomic E-state index is 0.165. The van der Waals surface area contributed by atoms with Gasteiger partial charge in [-0.1, -0.05) is 45.8 Å². The number of anilines is 1. The van der Waals surface area contributed by atoms with Crippen molar-refractivity contribution in [2.75, 3.05) is 11.2 Å². The fourth-order valence-electron chi connectivity index (χ4n) is 2.05. The molecule has 0 saturated carbocycles. The molecule has 2 aromatic heterocycles. The van der Waals surface area contributed by atoms with Crippen LogP contribution in [0.4, 0.5) is 5.13 Å². The van der Waals surface area contributed by atoms with Crippen molar-refractivity contribution in [3.8, 4) is 21.8 Å². The maximum Gasteiger partial charge on any atom is 0.241 e. The normalized spacial score (nSPS) is 10.8. The van der Waals surface area contributed by atoms with Crippen molar-refractivity contribution in [2.24, 2.45) is 0 Å². The first-order valence-corrected chi connectivity index (χ1v) is 8.72. The molecule has 6 nitrogen and oxygen atoms in total. The Morgan fingerprint density at radius 3 is 2.62 bits per heavy atom. The van der Waals surface area contributed by atoms with Gasteiger partial charge in [-0.25, -0.2) is 0 Å². The van der Waals surface area contributed by atoms with E-state index in [1.54, 1.807) is 25.1 Å². The molecule has 3 aromatic rings. The number of benzene rings is 1. The highest BCUT2D eigenvalue weighted by molar-refractivity contribution is 7.18. The third kappa shape index (κ3) is 3.25. The topological polar surface area (TPSA) is 80.9 Å². The second-order valence-corrected chi connectivity index (χ2v) is 6.71. The van der Waals surface area contributed by atoms with Crippen LogP contribution >= 0.6 is 46.1 Å². The van der Waals surface area contributed by atoms with E-state index in [2.05, 4.69) is 20.7 Å². The van der Waals surface area contributed by atoms with Gasteiger partial charge in [0, 0.05) is 5.56 Å². The minimum atomic E-state index is -0.365. The predicted octanol–water partition coefficient (Wildman–Crippen LogP) is 4.65. The van der Waals surface area contributed by atoms with E-state index < -0.39 is 0 Å². The van der Waals surface area contributed by atoms with Crippen molar-refractivity contribution >= 4 is 57.2 Å². The van der Waals surface area contributed by atoms with Gasteiger partial charge in [0.15, 0.2) is 5.01 Å². The van der Waals surface area contributed by atoms with Gasteiger partial charge >= 0.3 is 0 Å². The summed E-state index contributed by atoms with van der Waals surface area (Å²) in [5, 5.41) is 16.3. The Morgan fingerprint density at radius 1 is 1.25 bits per heavy atom. The lowest BCUT2D eigenvalue weighted by Gasteiger charge is -2.04. The van der Waals surface area contributed by atoms with Gasteiger partial charge in [-0.15, -0.1) is 21.8 Å². The fraction of sp³-hybridized carbons (Fsp3) is 0.143. The first-order chi connectivity index (χ1) is 11.5. The zero-order chi connectivity index (χ0) is 17.3. The molecule has 0 radical (unpaired) electrons. The van der Waals surface area contributed by atoms with Crippen molar-refractivity contribution in [1.82, 2.24) is 15.4 Å². The number of hydrogen-bond acceptors (Lipinski definition) is 6. The third-order valence-corrected chi connectivity index (χ3v) is 4.80. The molecule has 2 heterocycles. The Balaban J connectivity index is 2.07. The second-order valence-electron chi connectivity index (χ2n) is 4.65. The molecular formula is C14H9Cl3N4O2S. The lowest BCUT2D eigenvalue weighted by molar-refractivity contribution is -0.113.